The lowest BCUT2D eigenvalue weighted by molar-refractivity contribution is -0.165. The molecule has 0 spiro atoms. The van der Waals surface area contributed by atoms with Crippen molar-refractivity contribution in [2.24, 2.45) is 5.92 Å². The molecule has 4 rings (SSSR count). The van der Waals surface area contributed by atoms with Gasteiger partial charge in [0, 0.05) is 42.1 Å². The van der Waals surface area contributed by atoms with Crippen LogP contribution in [0.1, 0.15) is 23.5 Å². The van der Waals surface area contributed by atoms with Crippen molar-refractivity contribution in [3.63, 3.8) is 0 Å². The maximum Gasteiger partial charge on any atom is 0.407 e. The van der Waals surface area contributed by atoms with E-state index in [-0.39, 0.29) is 12.7 Å². The Labute approximate surface area is 202 Å². The molecule has 5 atom stereocenters. The van der Waals surface area contributed by atoms with Crippen LogP contribution < -0.4 is 5.32 Å². The Morgan fingerprint density at radius 2 is 1.94 bits per heavy atom. The molecule has 0 bridgehead atoms. The van der Waals surface area contributed by atoms with E-state index in [1.54, 1.807) is 6.08 Å². The molecule has 2 aromatic rings. The third-order valence-corrected chi connectivity index (χ3v) is 6.48. The number of ether oxygens (including phenoxy) is 1. The fraction of sp³-hybridized carbons (Fsp3) is 0.458. The van der Waals surface area contributed by atoms with Crippen molar-refractivity contribution in [2.45, 2.75) is 37.0 Å². The number of likely N-dealkylation sites (tertiary alicyclic amines) is 1. The molecule has 0 radical (unpaired) electrons. The average molecular weight is 490 g/mol. The van der Waals surface area contributed by atoms with E-state index in [0.29, 0.717) is 24.4 Å². The lowest BCUT2D eigenvalue weighted by Crippen LogP contribution is -2.50. The minimum atomic E-state index is -2.27. The highest BCUT2D eigenvalue weighted by Crippen LogP contribution is 2.44. The molecule has 1 aromatic heterocycles. The number of fused-ring (bicyclic) bond motifs is 2. The molecule has 11 heteroatoms. The van der Waals surface area contributed by atoms with Crippen LogP contribution in [-0.2, 0) is 20.7 Å². The minimum absolute atomic E-state index is 0.249. The number of carboxylic acids is 2. The largest absolute Gasteiger partial charge is 0.479 e. The Balaban J connectivity index is 0.000000292. The molecule has 1 saturated heterocycles. The molecule has 2 aliphatic rings. The number of benzene rings is 1. The molecule has 0 saturated carbocycles. The number of H-pyrrole nitrogens is 1. The van der Waals surface area contributed by atoms with Gasteiger partial charge in [0.05, 0.1) is 0 Å². The molecule has 1 aliphatic carbocycles. The Hall–Kier alpha value is -3.41. The highest BCUT2D eigenvalue weighted by Gasteiger charge is 2.39. The number of piperidine rings is 1. The highest BCUT2D eigenvalue weighted by molar-refractivity contribution is 5.88. The molecule has 1 amide bonds. The van der Waals surface area contributed by atoms with Crippen molar-refractivity contribution in [1.82, 2.24) is 15.2 Å². The van der Waals surface area contributed by atoms with Crippen LogP contribution in [0.25, 0.3) is 10.9 Å². The Bertz CT molecular complexity index is 1070. The van der Waals surface area contributed by atoms with Crippen molar-refractivity contribution in [1.29, 1.82) is 0 Å². The van der Waals surface area contributed by atoms with Gasteiger partial charge in [0.1, 0.15) is 6.61 Å². The van der Waals surface area contributed by atoms with Crippen LogP contribution in [0.15, 0.2) is 37.1 Å². The van der Waals surface area contributed by atoms with Gasteiger partial charge in [0.25, 0.3) is 0 Å². The molecule has 1 aliphatic heterocycles. The van der Waals surface area contributed by atoms with Gasteiger partial charge in [-0.3, -0.25) is 0 Å². The number of nitrogens with one attached hydrogen (secondary N) is 2. The van der Waals surface area contributed by atoms with Crippen LogP contribution in [0.4, 0.5) is 4.79 Å². The van der Waals surface area contributed by atoms with Crippen LogP contribution in [0, 0.1) is 5.92 Å². The number of alkyl carbamates (subject to hydrolysis) is 1. The first kappa shape index (κ1) is 26.2. The van der Waals surface area contributed by atoms with Crippen LogP contribution in [0.2, 0.25) is 0 Å². The van der Waals surface area contributed by atoms with E-state index in [0.717, 1.165) is 19.4 Å². The number of amides is 1. The summed E-state index contributed by atoms with van der Waals surface area (Å²) in [6, 6.07) is 7.12. The Morgan fingerprint density at radius 3 is 2.57 bits per heavy atom. The van der Waals surface area contributed by atoms with Crippen molar-refractivity contribution in [2.75, 3.05) is 26.7 Å². The van der Waals surface area contributed by atoms with Crippen molar-refractivity contribution < 1.29 is 39.5 Å². The number of rotatable bonds is 7. The summed E-state index contributed by atoms with van der Waals surface area (Å²) < 4.78 is 5.01. The number of aromatic amines is 1. The van der Waals surface area contributed by atoms with E-state index in [1.807, 2.05) is 0 Å². The van der Waals surface area contributed by atoms with Gasteiger partial charge in [-0.2, -0.15) is 0 Å². The zero-order chi connectivity index (χ0) is 25.7. The first-order valence-corrected chi connectivity index (χ1v) is 11.3. The van der Waals surface area contributed by atoms with Crippen molar-refractivity contribution in [3.05, 3.63) is 48.2 Å². The predicted molar refractivity (Wildman–Crippen MR) is 126 cm³/mol. The molecule has 11 nitrogen and oxygen atoms in total. The summed E-state index contributed by atoms with van der Waals surface area (Å²) in [5.41, 5.74) is 4.13. The maximum atomic E-state index is 11.7. The number of aliphatic carboxylic acids is 2. The molecule has 2 heterocycles. The second-order valence-electron chi connectivity index (χ2n) is 8.84. The van der Waals surface area contributed by atoms with Gasteiger partial charge >= 0.3 is 18.0 Å². The normalized spacial score (nSPS) is 22.7. The van der Waals surface area contributed by atoms with E-state index in [9.17, 15) is 14.4 Å². The second kappa shape index (κ2) is 11.3. The number of carbonyl (C=O) groups is 3. The number of carbonyl (C=O) groups excluding carboxylic acids is 1. The molecule has 190 valence electrons. The number of nitrogens with zero attached hydrogens (tertiary/aromatic N) is 1. The lowest BCUT2D eigenvalue weighted by atomic mass is 9.72. The molecule has 1 aromatic carbocycles. The number of hydrogen-bond acceptors (Lipinski definition) is 7. The van der Waals surface area contributed by atoms with Gasteiger partial charge < -0.3 is 40.4 Å². The van der Waals surface area contributed by atoms with Crippen molar-refractivity contribution >= 4 is 28.9 Å². The van der Waals surface area contributed by atoms with Gasteiger partial charge in [-0.15, -0.1) is 0 Å². The summed E-state index contributed by atoms with van der Waals surface area (Å²) >= 11 is 0. The van der Waals surface area contributed by atoms with E-state index in [2.05, 4.69) is 53.2 Å². The van der Waals surface area contributed by atoms with E-state index in [4.69, 9.17) is 25.2 Å². The summed E-state index contributed by atoms with van der Waals surface area (Å²) in [6.45, 7) is 5.46. The molecule has 6 N–H and O–H groups in total. The van der Waals surface area contributed by atoms with E-state index in [1.165, 1.54) is 22.0 Å². The zero-order valence-corrected chi connectivity index (χ0v) is 19.4. The van der Waals surface area contributed by atoms with Gasteiger partial charge in [-0.1, -0.05) is 24.8 Å². The fourth-order valence-corrected chi connectivity index (χ4v) is 4.89. The Morgan fingerprint density at radius 1 is 1.26 bits per heavy atom. The minimum Gasteiger partial charge on any atom is -0.479 e. The van der Waals surface area contributed by atoms with Crippen LogP contribution >= 0.6 is 0 Å². The highest BCUT2D eigenvalue weighted by atomic mass is 16.5. The lowest BCUT2D eigenvalue weighted by Gasteiger charge is -2.45. The van der Waals surface area contributed by atoms with Crippen LogP contribution in [0.5, 0.6) is 0 Å². The average Bonchev–Trinajstić information content (AvgIpc) is 3.25. The monoisotopic (exact) mass is 489 g/mol. The van der Waals surface area contributed by atoms with Crippen LogP contribution in [-0.4, -0.2) is 93.3 Å². The number of hydrogen-bond donors (Lipinski definition) is 6. The quantitative estimate of drug-likeness (QED) is 0.309. The number of carboxylic acid groups (broad SMARTS) is 2. The first-order chi connectivity index (χ1) is 16.6. The summed E-state index contributed by atoms with van der Waals surface area (Å²) in [4.78, 5) is 37.1. The van der Waals surface area contributed by atoms with E-state index >= 15 is 0 Å². The SMILES string of the molecule is C=CCOC(=O)NC[C@@H]1CC2c3cccc4[nH]cc(c34)C[C@H]2N(C)C1.O=C(O)C(O)C(O)C(=O)O. The molecular weight excluding hydrogens is 458 g/mol. The molecular formula is C24H31N3O8. The standard InChI is InChI=1S/C20H25N3O2.C4H6O6/c1-3-7-25-20(24)22-10-13-8-16-15-5-4-6-17-19(15)14(11-21-17)9-18(16)23(2)12-13;5-1(3(7)8)2(6)4(9)10/h3-6,11,13,16,18,21H,1,7-10,12H2,2H3,(H,22,24);1-2,5-6H,(H,7,8)(H,9,10)/t13-,16?,18+;/m0./s1. The predicted octanol–water partition coefficient (Wildman–Crippen LogP) is 0.918. The topological polar surface area (TPSA) is 172 Å². The summed E-state index contributed by atoms with van der Waals surface area (Å²) in [7, 11) is 2.21. The van der Waals surface area contributed by atoms with Gasteiger partial charge in [0.15, 0.2) is 12.2 Å². The second-order valence-corrected chi connectivity index (χ2v) is 8.84. The number of aliphatic hydroxyl groups is 2. The first-order valence-electron chi connectivity index (χ1n) is 11.3. The van der Waals surface area contributed by atoms with Crippen molar-refractivity contribution in [3.8, 4) is 0 Å². The van der Waals surface area contributed by atoms with Gasteiger partial charge in [-0.05, 0) is 43.0 Å². The van der Waals surface area contributed by atoms with E-state index < -0.39 is 24.1 Å². The molecule has 3 unspecified atom stereocenters. The zero-order valence-electron chi connectivity index (χ0n) is 19.4. The Kier molecular flexibility index (Phi) is 8.49. The number of aliphatic hydroxyl groups excluding tert-OH is 2. The smallest absolute Gasteiger partial charge is 0.407 e. The summed E-state index contributed by atoms with van der Waals surface area (Å²) in [5, 5.41) is 36.8. The van der Waals surface area contributed by atoms with Gasteiger partial charge in [-0.25, -0.2) is 14.4 Å². The maximum absolute atomic E-state index is 11.7. The number of likely N-dealkylation sites (N-methyl/N-ethyl adjacent to an activating group) is 1. The third kappa shape index (κ3) is 5.99. The molecule has 1 fully saturated rings. The summed E-state index contributed by atoms with van der Waals surface area (Å²) in [6.07, 6.45) is 1.05. The van der Waals surface area contributed by atoms with Gasteiger partial charge in [0.2, 0.25) is 0 Å². The van der Waals surface area contributed by atoms with Crippen LogP contribution in [0.3, 0.4) is 0 Å². The number of aromatic nitrogens is 1. The summed E-state index contributed by atoms with van der Waals surface area (Å²) in [5.74, 6) is -2.59. The third-order valence-electron chi connectivity index (χ3n) is 6.48. The fourth-order valence-electron chi connectivity index (χ4n) is 4.89. The molecule has 35 heavy (non-hydrogen) atoms.